The van der Waals surface area contributed by atoms with Gasteiger partial charge in [-0.2, -0.15) is 0 Å². The first-order valence-corrected chi connectivity index (χ1v) is 9.36. The summed E-state index contributed by atoms with van der Waals surface area (Å²) in [6.07, 6.45) is 0.951. The molecule has 0 saturated carbocycles. The molecule has 6 heteroatoms. The second kappa shape index (κ2) is 7.96. The summed E-state index contributed by atoms with van der Waals surface area (Å²) < 4.78 is 17.4. The Balaban J connectivity index is 1.85. The van der Waals surface area contributed by atoms with E-state index in [1.54, 1.807) is 39.0 Å². The van der Waals surface area contributed by atoms with Crippen LogP contribution in [0.25, 0.3) is 6.08 Å². The fraction of sp³-hybridized carbons (Fsp3) is 0.238. The largest absolute Gasteiger partial charge is 0.479 e. The maximum absolute atomic E-state index is 12.6. The number of halogens is 1. The highest BCUT2D eigenvalue weighted by Gasteiger charge is 2.30. The van der Waals surface area contributed by atoms with Gasteiger partial charge in [0.15, 0.2) is 11.9 Å². The van der Waals surface area contributed by atoms with E-state index in [0.29, 0.717) is 22.6 Å². The minimum absolute atomic E-state index is 0.180. The number of ether oxygens (including phenoxy) is 3. The molecule has 0 N–H and O–H groups in total. The van der Waals surface area contributed by atoms with Crippen molar-refractivity contribution in [1.82, 2.24) is 0 Å². The molecule has 0 spiro atoms. The molecule has 0 radical (unpaired) electrons. The van der Waals surface area contributed by atoms with E-state index in [2.05, 4.69) is 15.9 Å². The molecule has 3 rings (SSSR count). The van der Waals surface area contributed by atoms with Crippen molar-refractivity contribution in [3.63, 3.8) is 0 Å². The third-order valence-electron chi connectivity index (χ3n) is 4.13. The van der Waals surface area contributed by atoms with E-state index in [1.807, 2.05) is 24.3 Å². The zero-order valence-corrected chi connectivity index (χ0v) is 16.8. The quantitative estimate of drug-likeness (QED) is 0.507. The minimum atomic E-state index is -0.753. The van der Waals surface area contributed by atoms with Crippen LogP contribution in [0.4, 0.5) is 0 Å². The highest BCUT2D eigenvalue weighted by atomic mass is 79.9. The molecule has 1 heterocycles. The van der Waals surface area contributed by atoms with E-state index in [-0.39, 0.29) is 18.1 Å². The van der Waals surface area contributed by atoms with E-state index < -0.39 is 12.1 Å². The van der Waals surface area contributed by atoms with Crippen LogP contribution in [0.15, 0.2) is 46.6 Å². The maximum Gasteiger partial charge on any atom is 0.347 e. The molecule has 2 aromatic carbocycles. The van der Waals surface area contributed by atoms with Gasteiger partial charge in [-0.1, -0.05) is 28.1 Å². The number of esters is 1. The Bertz CT molecular complexity index is 915. The van der Waals surface area contributed by atoms with Crippen LogP contribution >= 0.6 is 15.9 Å². The number of hydrogen-bond donors (Lipinski definition) is 0. The van der Waals surface area contributed by atoms with Gasteiger partial charge in [-0.25, -0.2) is 4.79 Å². The van der Waals surface area contributed by atoms with Crippen molar-refractivity contribution in [2.75, 3.05) is 6.61 Å². The monoisotopic (exact) mass is 430 g/mol. The average molecular weight is 431 g/mol. The average Bonchev–Trinajstić information content (AvgIpc) is 2.96. The zero-order valence-electron chi connectivity index (χ0n) is 15.2. The third kappa shape index (κ3) is 4.06. The second-order valence-electron chi connectivity index (χ2n) is 6.07. The fourth-order valence-electron chi connectivity index (χ4n) is 2.70. The standard InChI is InChI=1S/C21H19BrO5/c1-4-25-21(24)13(3)26-17-10-9-16-19(23)18(27-20(16)12(17)2)11-14-5-7-15(22)8-6-14/h5-11,13H,4H2,1-3H3/b18-11-. The molecule has 0 aliphatic carbocycles. The van der Waals surface area contributed by atoms with Gasteiger partial charge in [-0.15, -0.1) is 0 Å². The Morgan fingerprint density at radius 3 is 2.59 bits per heavy atom. The molecule has 1 aliphatic heterocycles. The lowest BCUT2D eigenvalue weighted by atomic mass is 10.1. The molecular formula is C21H19BrO5. The number of allylic oxidation sites excluding steroid dienone is 1. The Kier molecular flexibility index (Phi) is 5.65. The predicted molar refractivity (Wildman–Crippen MR) is 105 cm³/mol. The van der Waals surface area contributed by atoms with Crippen LogP contribution in [0, 0.1) is 6.92 Å². The molecule has 0 fully saturated rings. The van der Waals surface area contributed by atoms with Gasteiger partial charge in [-0.05, 0) is 56.7 Å². The van der Waals surface area contributed by atoms with E-state index in [0.717, 1.165) is 10.0 Å². The van der Waals surface area contributed by atoms with Crippen LogP contribution < -0.4 is 9.47 Å². The lowest BCUT2D eigenvalue weighted by Gasteiger charge is -2.16. The molecule has 0 amide bonds. The molecule has 140 valence electrons. The van der Waals surface area contributed by atoms with Gasteiger partial charge in [0.2, 0.25) is 5.78 Å². The number of carbonyl (C=O) groups is 2. The van der Waals surface area contributed by atoms with Crippen LogP contribution in [0.1, 0.15) is 35.3 Å². The number of fused-ring (bicyclic) bond motifs is 1. The van der Waals surface area contributed by atoms with Crippen LogP contribution in [-0.2, 0) is 9.53 Å². The van der Waals surface area contributed by atoms with Crippen LogP contribution in [0.2, 0.25) is 0 Å². The minimum Gasteiger partial charge on any atom is -0.479 e. The molecule has 0 bridgehead atoms. The second-order valence-corrected chi connectivity index (χ2v) is 6.98. The lowest BCUT2D eigenvalue weighted by molar-refractivity contribution is -0.150. The third-order valence-corrected chi connectivity index (χ3v) is 4.66. The molecular weight excluding hydrogens is 412 g/mol. The van der Waals surface area contributed by atoms with Crippen molar-refractivity contribution in [3.8, 4) is 11.5 Å². The SMILES string of the molecule is CCOC(=O)C(C)Oc1ccc2c(c1C)O/C(=C\c1ccc(Br)cc1)C2=O. The number of Topliss-reactive ketones (excluding diaryl/α,β-unsaturated/α-hetero) is 1. The fourth-order valence-corrected chi connectivity index (χ4v) is 2.97. The van der Waals surface area contributed by atoms with E-state index in [9.17, 15) is 9.59 Å². The highest BCUT2D eigenvalue weighted by molar-refractivity contribution is 9.10. The summed E-state index contributed by atoms with van der Waals surface area (Å²) in [5.41, 5.74) is 2.00. The van der Waals surface area contributed by atoms with E-state index in [1.165, 1.54) is 0 Å². The molecule has 0 saturated heterocycles. The van der Waals surface area contributed by atoms with Gasteiger partial charge in [0.05, 0.1) is 12.2 Å². The summed E-state index contributed by atoms with van der Waals surface area (Å²) in [4.78, 5) is 24.4. The van der Waals surface area contributed by atoms with Gasteiger partial charge < -0.3 is 14.2 Å². The summed E-state index contributed by atoms with van der Waals surface area (Å²) in [6.45, 7) is 5.44. The van der Waals surface area contributed by atoms with Crippen molar-refractivity contribution in [1.29, 1.82) is 0 Å². The normalized spacial score (nSPS) is 15.3. The number of benzene rings is 2. The van der Waals surface area contributed by atoms with Crippen molar-refractivity contribution in [2.45, 2.75) is 26.9 Å². The molecule has 0 aromatic heterocycles. The maximum atomic E-state index is 12.6. The highest BCUT2D eigenvalue weighted by Crippen LogP contribution is 2.39. The lowest BCUT2D eigenvalue weighted by Crippen LogP contribution is -2.26. The molecule has 1 unspecified atom stereocenters. The van der Waals surface area contributed by atoms with Gasteiger partial charge in [-0.3, -0.25) is 4.79 Å². The number of hydrogen-bond acceptors (Lipinski definition) is 5. The summed E-state index contributed by atoms with van der Waals surface area (Å²) in [5, 5.41) is 0. The van der Waals surface area contributed by atoms with E-state index in [4.69, 9.17) is 14.2 Å². The molecule has 2 aromatic rings. The summed E-state index contributed by atoms with van der Waals surface area (Å²) in [5.74, 6) is 0.571. The predicted octanol–water partition coefficient (Wildman–Crippen LogP) is 4.70. The van der Waals surface area contributed by atoms with Crippen molar-refractivity contribution in [2.24, 2.45) is 0 Å². The van der Waals surface area contributed by atoms with Crippen molar-refractivity contribution < 1.29 is 23.8 Å². The number of carbonyl (C=O) groups excluding carboxylic acids is 2. The topological polar surface area (TPSA) is 61.8 Å². The van der Waals surface area contributed by atoms with Gasteiger partial charge in [0.1, 0.15) is 11.5 Å². The van der Waals surface area contributed by atoms with Crippen LogP contribution in [-0.4, -0.2) is 24.5 Å². The Labute approximate surface area is 166 Å². The van der Waals surface area contributed by atoms with Gasteiger partial charge in [0, 0.05) is 10.0 Å². The van der Waals surface area contributed by atoms with Gasteiger partial charge in [0.25, 0.3) is 0 Å². The van der Waals surface area contributed by atoms with Crippen molar-refractivity contribution in [3.05, 3.63) is 63.3 Å². The molecule has 5 nitrogen and oxygen atoms in total. The Hall–Kier alpha value is -2.60. The van der Waals surface area contributed by atoms with Crippen LogP contribution in [0.5, 0.6) is 11.5 Å². The van der Waals surface area contributed by atoms with E-state index >= 15 is 0 Å². The summed E-state index contributed by atoms with van der Waals surface area (Å²) in [6, 6.07) is 10.9. The number of ketones is 1. The molecule has 1 aliphatic rings. The van der Waals surface area contributed by atoms with Crippen molar-refractivity contribution >= 4 is 33.8 Å². The molecule has 1 atom stereocenters. The first-order valence-electron chi connectivity index (χ1n) is 8.57. The zero-order chi connectivity index (χ0) is 19.6. The first kappa shape index (κ1) is 19.2. The molecule has 27 heavy (non-hydrogen) atoms. The summed E-state index contributed by atoms with van der Waals surface area (Å²) >= 11 is 3.38. The first-order chi connectivity index (χ1) is 12.9. The summed E-state index contributed by atoms with van der Waals surface area (Å²) in [7, 11) is 0. The van der Waals surface area contributed by atoms with Gasteiger partial charge >= 0.3 is 5.97 Å². The smallest absolute Gasteiger partial charge is 0.347 e. The van der Waals surface area contributed by atoms with Crippen LogP contribution in [0.3, 0.4) is 0 Å². The Morgan fingerprint density at radius 1 is 1.22 bits per heavy atom. The Morgan fingerprint density at radius 2 is 1.93 bits per heavy atom. The number of rotatable bonds is 5.